The molecule has 0 aromatic carbocycles. The Morgan fingerprint density at radius 2 is 1.88 bits per heavy atom. The van der Waals surface area contributed by atoms with Crippen LogP contribution >= 0.6 is 0 Å². The van der Waals surface area contributed by atoms with Crippen LogP contribution in [0.15, 0.2) is 0 Å². The van der Waals surface area contributed by atoms with Crippen molar-refractivity contribution in [2.24, 2.45) is 17.8 Å². The number of ether oxygens (including phenoxy) is 2. The molecule has 0 spiro atoms. The summed E-state index contributed by atoms with van der Waals surface area (Å²) in [5.74, 6) is 1.66. The fraction of sp³-hybridized carbons (Fsp3) is 0.944. The molecule has 0 bridgehead atoms. The van der Waals surface area contributed by atoms with Gasteiger partial charge in [0.05, 0.1) is 25.9 Å². The molecule has 6 heteroatoms. The van der Waals surface area contributed by atoms with Gasteiger partial charge in [-0.1, -0.05) is 0 Å². The number of amides is 1. The molecule has 0 aromatic rings. The van der Waals surface area contributed by atoms with E-state index in [4.69, 9.17) is 9.47 Å². The molecule has 1 aliphatic carbocycles. The quantitative estimate of drug-likeness (QED) is 0.730. The maximum Gasteiger partial charge on any atom is 0.226 e. The lowest BCUT2D eigenvalue weighted by Crippen LogP contribution is -2.52. The molecule has 24 heavy (non-hydrogen) atoms. The van der Waals surface area contributed by atoms with Crippen LogP contribution in [0.5, 0.6) is 0 Å². The van der Waals surface area contributed by atoms with Crippen molar-refractivity contribution in [3.8, 4) is 0 Å². The lowest BCUT2D eigenvalue weighted by atomic mass is 10.0. The topological polar surface area (TPSA) is 45.2 Å². The maximum absolute atomic E-state index is 12.8. The molecule has 3 unspecified atom stereocenters. The van der Waals surface area contributed by atoms with E-state index in [2.05, 4.69) is 28.8 Å². The number of carbonyl (C=O) groups is 1. The Hall–Kier alpha value is -0.690. The van der Waals surface area contributed by atoms with E-state index < -0.39 is 0 Å². The predicted molar refractivity (Wildman–Crippen MR) is 90.8 cm³/mol. The van der Waals surface area contributed by atoms with E-state index in [-0.39, 0.29) is 5.92 Å². The zero-order chi connectivity index (χ0) is 16.7. The molecular weight excluding hydrogens is 306 g/mol. The van der Waals surface area contributed by atoms with Crippen molar-refractivity contribution in [1.29, 1.82) is 0 Å². The van der Waals surface area contributed by atoms with E-state index in [1.54, 1.807) is 0 Å². The smallest absolute Gasteiger partial charge is 0.226 e. The fourth-order valence-electron chi connectivity index (χ4n) is 4.80. The van der Waals surface area contributed by atoms with Crippen LogP contribution < -0.4 is 0 Å². The van der Waals surface area contributed by atoms with Crippen molar-refractivity contribution in [3.05, 3.63) is 0 Å². The highest BCUT2D eigenvalue weighted by atomic mass is 16.5. The van der Waals surface area contributed by atoms with Gasteiger partial charge in [0.25, 0.3) is 0 Å². The van der Waals surface area contributed by atoms with E-state index in [1.807, 2.05) is 0 Å². The van der Waals surface area contributed by atoms with Crippen LogP contribution in [-0.4, -0.2) is 99.4 Å². The van der Waals surface area contributed by atoms with Crippen molar-refractivity contribution < 1.29 is 14.3 Å². The first-order chi connectivity index (χ1) is 11.6. The summed E-state index contributed by atoms with van der Waals surface area (Å²) in [5, 5.41) is 0. The minimum absolute atomic E-state index is 0.254. The summed E-state index contributed by atoms with van der Waals surface area (Å²) in [5.41, 5.74) is 0. The molecule has 4 rings (SSSR count). The highest BCUT2D eigenvalue weighted by Crippen LogP contribution is 2.51. The first-order valence-electron chi connectivity index (χ1n) is 9.52. The second-order valence-electron chi connectivity index (χ2n) is 8.11. The van der Waals surface area contributed by atoms with E-state index in [1.165, 1.54) is 0 Å². The van der Waals surface area contributed by atoms with Gasteiger partial charge in [0.1, 0.15) is 0 Å². The molecule has 136 valence electrons. The summed E-state index contributed by atoms with van der Waals surface area (Å²) in [6.07, 6.45) is 2.32. The summed E-state index contributed by atoms with van der Waals surface area (Å²) < 4.78 is 11.5. The number of fused-ring (bicyclic) bond motifs is 2. The number of rotatable bonds is 4. The van der Waals surface area contributed by atoms with Crippen molar-refractivity contribution >= 4 is 5.91 Å². The summed E-state index contributed by atoms with van der Waals surface area (Å²) in [6, 6.07) is 0.471. The molecule has 1 saturated carbocycles. The molecule has 3 aliphatic heterocycles. The zero-order valence-corrected chi connectivity index (χ0v) is 15.0. The molecule has 3 heterocycles. The van der Waals surface area contributed by atoms with E-state index in [0.717, 1.165) is 65.4 Å². The molecule has 4 fully saturated rings. The number of nitrogens with zero attached hydrogens (tertiary/aromatic N) is 3. The summed E-state index contributed by atoms with van der Waals surface area (Å²) in [6.45, 7) is 7.35. The molecule has 0 radical (unpaired) electrons. The molecular formula is C18H31N3O3. The van der Waals surface area contributed by atoms with Crippen molar-refractivity contribution in [3.63, 3.8) is 0 Å². The third-order valence-corrected chi connectivity index (χ3v) is 6.37. The van der Waals surface area contributed by atoms with Crippen LogP contribution in [0.1, 0.15) is 12.8 Å². The predicted octanol–water partition coefficient (Wildman–Crippen LogP) is 0.132. The van der Waals surface area contributed by atoms with Gasteiger partial charge in [0, 0.05) is 44.7 Å². The largest absolute Gasteiger partial charge is 0.381 e. The standard InChI is InChI=1S/C18H31N3O3/c1-19(2)7-8-20-9-10-24-16-4-6-21(5-3-15(16)20)18(22)17-13-11-23-12-14(13)17/h13-17H,3-12H2,1-2H3/t13-,14+,15?,16?,17?. The van der Waals surface area contributed by atoms with Crippen LogP contribution in [0.3, 0.4) is 0 Å². The monoisotopic (exact) mass is 337 g/mol. The third kappa shape index (κ3) is 3.21. The molecule has 4 aliphatic rings. The second-order valence-corrected chi connectivity index (χ2v) is 8.11. The van der Waals surface area contributed by atoms with Crippen LogP contribution in [0, 0.1) is 17.8 Å². The van der Waals surface area contributed by atoms with E-state index in [9.17, 15) is 4.79 Å². The van der Waals surface area contributed by atoms with Gasteiger partial charge in [-0.05, 0) is 38.8 Å². The molecule has 5 atom stereocenters. The minimum atomic E-state index is 0.254. The van der Waals surface area contributed by atoms with Gasteiger partial charge in [-0.2, -0.15) is 0 Å². The number of hydrogen-bond donors (Lipinski definition) is 0. The summed E-state index contributed by atoms with van der Waals surface area (Å²) in [4.78, 5) is 19.8. The van der Waals surface area contributed by atoms with E-state index >= 15 is 0 Å². The van der Waals surface area contributed by atoms with E-state index in [0.29, 0.717) is 29.9 Å². The Kier molecular flexibility index (Phi) is 4.82. The Labute approximate surface area is 145 Å². The average Bonchev–Trinajstić information content (AvgIpc) is 3.15. The van der Waals surface area contributed by atoms with Gasteiger partial charge < -0.3 is 19.3 Å². The minimum Gasteiger partial charge on any atom is -0.381 e. The Morgan fingerprint density at radius 1 is 1.12 bits per heavy atom. The van der Waals surface area contributed by atoms with Crippen molar-refractivity contribution in [2.45, 2.75) is 25.0 Å². The van der Waals surface area contributed by atoms with Crippen molar-refractivity contribution in [2.75, 3.05) is 66.6 Å². The first kappa shape index (κ1) is 16.8. The third-order valence-electron chi connectivity index (χ3n) is 6.37. The van der Waals surface area contributed by atoms with Gasteiger partial charge >= 0.3 is 0 Å². The number of carbonyl (C=O) groups excluding carboxylic acids is 1. The highest BCUT2D eigenvalue weighted by molar-refractivity contribution is 5.82. The summed E-state index contributed by atoms with van der Waals surface area (Å²) in [7, 11) is 4.25. The van der Waals surface area contributed by atoms with Crippen LogP contribution in [-0.2, 0) is 14.3 Å². The second kappa shape index (κ2) is 6.90. The maximum atomic E-state index is 12.8. The number of likely N-dealkylation sites (tertiary alicyclic amines) is 1. The molecule has 1 amide bonds. The van der Waals surface area contributed by atoms with Crippen LogP contribution in [0.2, 0.25) is 0 Å². The number of morpholine rings is 1. The van der Waals surface area contributed by atoms with Gasteiger partial charge in [-0.15, -0.1) is 0 Å². The lowest BCUT2D eigenvalue weighted by Gasteiger charge is -2.40. The normalized spacial score (nSPS) is 39.5. The van der Waals surface area contributed by atoms with Crippen molar-refractivity contribution in [1.82, 2.24) is 14.7 Å². The Balaban J connectivity index is 1.35. The molecule has 0 aromatic heterocycles. The van der Waals surface area contributed by atoms with Gasteiger partial charge in [0.2, 0.25) is 5.91 Å². The first-order valence-corrected chi connectivity index (χ1v) is 9.52. The lowest BCUT2D eigenvalue weighted by molar-refractivity contribution is -0.134. The molecule has 3 saturated heterocycles. The van der Waals surface area contributed by atoms with Crippen LogP contribution in [0.25, 0.3) is 0 Å². The number of hydrogen-bond acceptors (Lipinski definition) is 5. The average molecular weight is 337 g/mol. The molecule has 0 N–H and O–H groups in total. The Bertz CT molecular complexity index is 462. The fourth-order valence-corrected chi connectivity index (χ4v) is 4.80. The highest BCUT2D eigenvalue weighted by Gasteiger charge is 2.59. The van der Waals surface area contributed by atoms with Crippen LogP contribution in [0.4, 0.5) is 0 Å². The molecule has 6 nitrogen and oxygen atoms in total. The van der Waals surface area contributed by atoms with Gasteiger partial charge in [-0.3, -0.25) is 9.69 Å². The van der Waals surface area contributed by atoms with Gasteiger partial charge in [-0.25, -0.2) is 0 Å². The SMILES string of the molecule is CN(C)CCN1CCOC2CCN(C(=O)C3[C@H]4COC[C@@H]34)CCC21. The van der Waals surface area contributed by atoms with Gasteiger partial charge in [0.15, 0.2) is 0 Å². The Morgan fingerprint density at radius 3 is 2.62 bits per heavy atom. The number of likely N-dealkylation sites (N-methyl/N-ethyl adjacent to an activating group) is 1. The summed E-state index contributed by atoms with van der Waals surface area (Å²) >= 11 is 0. The zero-order valence-electron chi connectivity index (χ0n) is 15.0.